The van der Waals surface area contributed by atoms with Crippen LogP contribution >= 0.6 is 0 Å². The van der Waals surface area contributed by atoms with E-state index in [-0.39, 0.29) is 0 Å². The van der Waals surface area contributed by atoms with E-state index in [0.29, 0.717) is 5.82 Å². The van der Waals surface area contributed by atoms with Crippen molar-refractivity contribution in [2.24, 2.45) is 7.05 Å². The fraction of sp³-hybridized carbons (Fsp3) is 0.667. The minimum Gasteiger partial charge on any atom is -0.382 e. The lowest BCUT2D eigenvalue weighted by molar-refractivity contribution is 0.318. The van der Waals surface area contributed by atoms with Gasteiger partial charge in [-0.3, -0.25) is 4.68 Å². The maximum absolute atomic E-state index is 5.58. The van der Waals surface area contributed by atoms with Crippen molar-refractivity contribution in [3.8, 4) is 0 Å². The summed E-state index contributed by atoms with van der Waals surface area (Å²) < 4.78 is 1.83. The molecule has 4 nitrogen and oxygen atoms in total. The van der Waals surface area contributed by atoms with Crippen LogP contribution in [0.4, 0.5) is 5.82 Å². The molecule has 1 rings (SSSR count). The van der Waals surface area contributed by atoms with Crippen molar-refractivity contribution in [3.63, 3.8) is 0 Å². The number of aromatic nitrogens is 2. The van der Waals surface area contributed by atoms with Crippen LogP contribution in [0.5, 0.6) is 0 Å². The molecule has 0 saturated carbocycles. The number of rotatable bonds is 4. The number of nitrogens with zero attached hydrogens (tertiary/aromatic N) is 3. The van der Waals surface area contributed by atoms with Gasteiger partial charge >= 0.3 is 0 Å². The molecule has 1 aromatic rings. The largest absolute Gasteiger partial charge is 0.382 e. The summed E-state index contributed by atoms with van der Waals surface area (Å²) >= 11 is 0. The maximum atomic E-state index is 5.58. The zero-order valence-electron chi connectivity index (χ0n) is 8.62. The average Bonchev–Trinajstić information content (AvgIpc) is 2.30. The third kappa shape index (κ3) is 2.73. The molecule has 1 aromatic heterocycles. The van der Waals surface area contributed by atoms with Gasteiger partial charge in [0.1, 0.15) is 5.82 Å². The Balaban J connectivity index is 2.57. The molecule has 13 heavy (non-hydrogen) atoms. The first-order chi connectivity index (χ1) is 6.13. The number of aryl methyl sites for hydroxylation is 1. The molecule has 2 N–H and O–H groups in total. The van der Waals surface area contributed by atoms with Gasteiger partial charge in [-0.1, -0.05) is 6.92 Å². The Morgan fingerprint density at radius 1 is 1.62 bits per heavy atom. The van der Waals surface area contributed by atoms with Crippen LogP contribution in [0.2, 0.25) is 0 Å². The van der Waals surface area contributed by atoms with Crippen molar-refractivity contribution in [2.45, 2.75) is 19.9 Å². The molecule has 0 spiro atoms. The Labute approximate surface area is 79.3 Å². The summed E-state index contributed by atoms with van der Waals surface area (Å²) in [5.74, 6) is 0.599. The number of hydrogen-bond donors (Lipinski definition) is 1. The van der Waals surface area contributed by atoms with Crippen LogP contribution in [0.15, 0.2) is 6.07 Å². The minimum absolute atomic E-state index is 0.599. The van der Waals surface area contributed by atoms with Crippen molar-refractivity contribution in [1.29, 1.82) is 0 Å². The van der Waals surface area contributed by atoms with Gasteiger partial charge in [0.25, 0.3) is 0 Å². The Bertz CT molecular complexity index is 267. The van der Waals surface area contributed by atoms with Crippen LogP contribution in [0, 0.1) is 0 Å². The highest BCUT2D eigenvalue weighted by molar-refractivity contribution is 5.29. The van der Waals surface area contributed by atoms with E-state index in [1.807, 2.05) is 17.8 Å². The fourth-order valence-corrected chi connectivity index (χ4v) is 1.42. The molecule has 74 valence electrons. The zero-order chi connectivity index (χ0) is 9.84. The first-order valence-electron chi connectivity index (χ1n) is 4.60. The fourth-order valence-electron chi connectivity index (χ4n) is 1.42. The van der Waals surface area contributed by atoms with E-state index in [0.717, 1.165) is 18.8 Å². The monoisotopic (exact) mass is 182 g/mol. The molecule has 1 heterocycles. The normalized spacial score (nSPS) is 11.1. The van der Waals surface area contributed by atoms with E-state index in [9.17, 15) is 0 Å². The van der Waals surface area contributed by atoms with Crippen LogP contribution in [-0.4, -0.2) is 28.3 Å². The number of nitrogen functional groups attached to an aromatic ring is 1. The Morgan fingerprint density at radius 3 is 2.77 bits per heavy atom. The molecular formula is C9H18N4. The highest BCUT2D eigenvalue weighted by Gasteiger charge is 2.04. The number of nitrogens with two attached hydrogens (primary N) is 1. The van der Waals surface area contributed by atoms with Gasteiger partial charge < -0.3 is 10.6 Å². The molecule has 0 atom stereocenters. The minimum atomic E-state index is 0.599. The Hall–Kier alpha value is -1.03. The van der Waals surface area contributed by atoms with E-state index in [1.54, 1.807) is 0 Å². The van der Waals surface area contributed by atoms with Gasteiger partial charge in [0.2, 0.25) is 0 Å². The van der Waals surface area contributed by atoms with Crippen molar-refractivity contribution >= 4 is 5.82 Å². The number of hydrogen-bond acceptors (Lipinski definition) is 3. The summed E-state index contributed by atoms with van der Waals surface area (Å²) in [6, 6.07) is 1.92. The Morgan fingerprint density at radius 2 is 2.31 bits per heavy atom. The summed E-state index contributed by atoms with van der Waals surface area (Å²) in [7, 11) is 4.03. The van der Waals surface area contributed by atoms with E-state index in [2.05, 4.69) is 24.0 Å². The topological polar surface area (TPSA) is 47.1 Å². The molecule has 0 aliphatic heterocycles. The first kappa shape index (κ1) is 10.1. The summed E-state index contributed by atoms with van der Waals surface area (Å²) in [4.78, 5) is 2.26. The third-order valence-electron chi connectivity index (χ3n) is 2.03. The van der Waals surface area contributed by atoms with Crippen LogP contribution in [0.1, 0.15) is 19.0 Å². The van der Waals surface area contributed by atoms with Crippen molar-refractivity contribution < 1.29 is 0 Å². The highest BCUT2D eigenvalue weighted by atomic mass is 15.3. The van der Waals surface area contributed by atoms with Gasteiger partial charge in [-0.25, -0.2) is 0 Å². The molecule has 0 aromatic carbocycles. The zero-order valence-corrected chi connectivity index (χ0v) is 8.62. The molecule has 4 heteroatoms. The van der Waals surface area contributed by atoms with Gasteiger partial charge in [-0.2, -0.15) is 5.10 Å². The molecule has 0 saturated heterocycles. The predicted octanol–water partition coefficient (Wildman–Crippen LogP) is 0.844. The van der Waals surface area contributed by atoms with Gasteiger partial charge in [0.05, 0.1) is 5.69 Å². The Kier molecular flexibility index (Phi) is 3.31. The molecule has 0 unspecified atom stereocenters. The third-order valence-corrected chi connectivity index (χ3v) is 2.03. The summed E-state index contributed by atoms with van der Waals surface area (Å²) in [6.07, 6.45) is 1.17. The van der Waals surface area contributed by atoms with Gasteiger partial charge in [0.15, 0.2) is 0 Å². The van der Waals surface area contributed by atoms with Crippen molar-refractivity contribution in [1.82, 2.24) is 14.7 Å². The lowest BCUT2D eigenvalue weighted by Crippen LogP contribution is -2.20. The van der Waals surface area contributed by atoms with E-state index < -0.39 is 0 Å². The second-order valence-corrected chi connectivity index (χ2v) is 3.42. The summed E-state index contributed by atoms with van der Waals surface area (Å²) in [6.45, 7) is 4.19. The molecule has 0 aliphatic carbocycles. The molecule has 0 aliphatic rings. The summed E-state index contributed by atoms with van der Waals surface area (Å²) in [5, 5.41) is 4.09. The molecule has 0 radical (unpaired) electrons. The molecule has 0 amide bonds. The van der Waals surface area contributed by atoms with Gasteiger partial charge in [0, 0.05) is 19.7 Å². The first-order valence-corrected chi connectivity index (χ1v) is 4.60. The second kappa shape index (κ2) is 4.28. The molecule has 0 bridgehead atoms. The van der Waals surface area contributed by atoms with Gasteiger partial charge in [-0.15, -0.1) is 0 Å². The van der Waals surface area contributed by atoms with E-state index in [4.69, 9.17) is 5.73 Å². The molecular weight excluding hydrogens is 164 g/mol. The predicted molar refractivity (Wildman–Crippen MR) is 54.2 cm³/mol. The van der Waals surface area contributed by atoms with E-state index >= 15 is 0 Å². The lowest BCUT2D eigenvalue weighted by Gasteiger charge is -2.14. The van der Waals surface area contributed by atoms with Crippen LogP contribution in [-0.2, 0) is 13.6 Å². The quantitative estimate of drug-likeness (QED) is 0.750. The second-order valence-electron chi connectivity index (χ2n) is 3.42. The standard InChI is InChI=1S/C9H18N4/c1-4-5-12(2)7-8-6-9(10)11-13(8)3/h6H,4-5,7H2,1-3H3,(H2,10,11). The smallest absolute Gasteiger partial charge is 0.145 e. The van der Waals surface area contributed by atoms with Crippen molar-refractivity contribution in [3.05, 3.63) is 11.8 Å². The van der Waals surface area contributed by atoms with Crippen LogP contribution < -0.4 is 5.73 Å². The van der Waals surface area contributed by atoms with Gasteiger partial charge in [-0.05, 0) is 20.0 Å². The SMILES string of the molecule is CCCN(C)Cc1cc(N)nn1C. The van der Waals surface area contributed by atoms with Crippen LogP contribution in [0.25, 0.3) is 0 Å². The molecule has 0 fully saturated rings. The maximum Gasteiger partial charge on any atom is 0.145 e. The average molecular weight is 182 g/mol. The van der Waals surface area contributed by atoms with Crippen LogP contribution in [0.3, 0.4) is 0 Å². The number of anilines is 1. The summed E-state index contributed by atoms with van der Waals surface area (Å²) in [5.41, 5.74) is 6.74. The lowest BCUT2D eigenvalue weighted by atomic mass is 10.3. The highest BCUT2D eigenvalue weighted by Crippen LogP contribution is 2.06. The van der Waals surface area contributed by atoms with Crippen molar-refractivity contribution in [2.75, 3.05) is 19.3 Å². The van der Waals surface area contributed by atoms with E-state index in [1.165, 1.54) is 6.42 Å².